The van der Waals surface area contributed by atoms with Crippen molar-refractivity contribution >= 4 is 46.2 Å². The third-order valence-electron chi connectivity index (χ3n) is 3.48. The molecule has 1 saturated heterocycles. The van der Waals surface area contributed by atoms with Gasteiger partial charge in [-0.25, -0.2) is 9.97 Å². The van der Waals surface area contributed by atoms with E-state index in [1.54, 1.807) is 11.1 Å². The van der Waals surface area contributed by atoms with E-state index in [-0.39, 0.29) is 11.9 Å². The Kier molecular flexibility index (Phi) is 4.80. The minimum absolute atomic E-state index is 0.0244. The molecule has 0 saturated carbocycles. The van der Waals surface area contributed by atoms with Gasteiger partial charge in [-0.15, -0.1) is 0 Å². The van der Waals surface area contributed by atoms with E-state index in [0.717, 1.165) is 30.4 Å². The zero-order valence-corrected chi connectivity index (χ0v) is 13.8. The van der Waals surface area contributed by atoms with E-state index in [2.05, 4.69) is 24.8 Å². The highest BCUT2D eigenvalue weighted by atomic mass is 35.5. The van der Waals surface area contributed by atoms with Gasteiger partial charge in [0.25, 0.3) is 0 Å². The average molecular weight is 341 g/mol. The Morgan fingerprint density at radius 1 is 1.32 bits per heavy atom. The summed E-state index contributed by atoms with van der Waals surface area (Å²) in [6.45, 7) is 2.38. The van der Waals surface area contributed by atoms with E-state index < -0.39 is 0 Å². The molecule has 3 heterocycles. The maximum atomic E-state index is 9.09. The summed E-state index contributed by atoms with van der Waals surface area (Å²) in [5.41, 5.74) is 1.08. The molecule has 0 amide bonds. The molecule has 0 spiro atoms. The van der Waals surface area contributed by atoms with Gasteiger partial charge in [-0.3, -0.25) is 0 Å². The first kappa shape index (κ1) is 15.5. The van der Waals surface area contributed by atoms with Crippen LogP contribution in [-0.4, -0.2) is 69.8 Å². The van der Waals surface area contributed by atoms with Crippen LogP contribution in [0.15, 0.2) is 6.20 Å². The van der Waals surface area contributed by atoms with Crippen LogP contribution in [0.1, 0.15) is 0 Å². The van der Waals surface area contributed by atoms with Crippen molar-refractivity contribution in [2.24, 2.45) is 0 Å². The molecule has 1 aliphatic rings. The zero-order chi connectivity index (χ0) is 15.5. The number of thioether (sulfide) groups is 1. The Hall–Kier alpha value is -1.38. The van der Waals surface area contributed by atoms with Crippen molar-refractivity contribution in [2.45, 2.75) is 0 Å². The summed E-state index contributed by atoms with van der Waals surface area (Å²) in [5.74, 6) is 3.58. The quantitative estimate of drug-likeness (QED) is 0.828. The largest absolute Gasteiger partial charge is 0.395 e. The maximum Gasteiger partial charge on any atom is 0.226 e. The van der Waals surface area contributed by atoms with Crippen LogP contribution in [-0.2, 0) is 0 Å². The van der Waals surface area contributed by atoms with E-state index in [9.17, 15) is 0 Å². The van der Waals surface area contributed by atoms with Crippen LogP contribution in [0.2, 0.25) is 5.28 Å². The van der Waals surface area contributed by atoms with Crippen molar-refractivity contribution in [1.29, 1.82) is 0 Å². The summed E-state index contributed by atoms with van der Waals surface area (Å²) < 4.78 is 0. The normalized spacial score (nSPS) is 15.3. The lowest BCUT2D eigenvalue weighted by atomic mass is 10.4. The second kappa shape index (κ2) is 6.80. The third-order valence-corrected chi connectivity index (χ3v) is 4.59. The number of aliphatic hydroxyl groups excluding tert-OH is 1. The summed E-state index contributed by atoms with van der Waals surface area (Å²) >= 11 is 7.95. The molecular weight excluding hydrogens is 324 g/mol. The SMILES string of the molecule is CN(CCO)c1nc(Cl)nc2nc(N3CCSCC3)cnc12. The molecule has 22 heavy (non-hydrogen) atoms. The first-order valence-corrected chi connectivity index (χ1v) is 8.57. The van der Waals surface area contributed by atoms with Crippen molar-refractivity contribution < 1.29 is 5.11 Å². The second-order valence-electron chi connectivity index (χ2n) is 4.96. The van der Waals surface area contributed by atoms with Crippen molar-refractivity contribution in [2.75, 3.05) is 54.6 Å². The molecule has 0 aliphatic carbocycles. The van der Waals surface area contributed by atoms with Gasteiger partial charge in [0.2, 0.25) is 5.28 Å². The number of hydrogen-bond donors (Lipinski definition) is 1. The van der Waals surface area contributed by atoms with Crippen molar-refractivity contribution in [3.8, 4) is 0 Å². The van der Waals surface area contributed by atoms with Gasteiger partial charge in [0.15, 0.2) is 17.0 Å². The fourth-order valence-corrected chi connectivity index (χ4v) is 3.39. The summed E-state index contributed by atoms with van der Waals surface area (Å²) in [5, 5.41) is 9.22. The lowest BCUT2D eigenvalue weighted by Crippen LogP contribution is -2.33. The predicted molar refractivity (Wildman–Crippen MR) is 90.0 cm³/mol. The van der Waals surface area contributed by atoms with Crippen LogP contribution in [0.5, 0.6) is 0 Å². The average Bonchev–Trinajstić information content (AvgIpc) is 2.54. The molecule has 2 aromatic heterocycles. The summed E-state index contributed by atoms with van der Waals surface area (Å²) in [6.07, 6.45) is 1.76. The molecule has 0 unspecified atom stereocenters. The molecule has 0 aromatic carbocycles. The molecule has 0 bridgehead atoms. The number of aliphatic hydroxyl groups is 1. The molecule has 0 atom stereocenters. The Morgan fingerprint density at radius 3 is 2.82 bits per heavy atom. The van der Waals surface area contributed by atoms with Crippen LogP contribution in [0, 0.1) is 0 Å². The van der Waals surface area contributed by atoms with E-state index in [1.807, 2.05) is 18.8 Å². The molecule has 1 N–H and O–H groups in total. The second-order valence-corrected chi connectivity index (χ2v) is 6.52. The highest BCUT2D eigenvalue weighted by Crippen LogP contribution is 2.24. The summed E-state index contributed by atoms with van der Waals surface area (Å²) in [6, 6.07) is 0. The Morgan fingerprint density at radius 2 is 2.09 bits per heavy atom. The monoisotopic (exact) mass is 340 g/mol. The van der Waals surface area contributed by atoms with Crippen LogP contribution in [0.3, 0.4) is 0 Å². The van der Waals surface area contributed by atoms with Crippen LogP contribution >= 0.6 is 23.4 Å². The number of rotatable bonds is 4. The highest BCUT2D eigenvalue weighted by molar-refractivity contribution is 7.99. The fourth-order valence-electron chi connectivity index (χ4n) is 2.33. The first-order valence-electron chi connectivity index (χ1n) is 7.04. The van der Waals surface area contributed by atoms with Gasteiger partial charge in [0.05, 0.1) is 12.8 Å². The molecule has 3 rings (SSSR count). The molecule has 2 aromatic rings. The van der Waals surface area contributed by atoms with Gasteiger partial charge in [0, 0.05) is 38.2 Å². The summed E-state index contributed by atoms with van der Waals surface area (Å²) in [4.78, 5) is 21.5. The van der Waals surface area contributed by atoms with Gasteiger partial charge < -0.3 is 14.9 Å². The predicted octanol–water partition coefficient (Wildman–Crippen LogP) is 1.05. The number of hydrogen-bond acceptors (Lipinski definition) is 8. The number of nitrogens with zero attached hydrogens (tertiary/aromatic N) is 6. The third kappa shape index (κ3) is 3.18. The number of fused-ring (bicyclic) bond motifs is 1. The minimum atomic E-state index is 0.0244. The molecule has 1 aliphatic heterocycles. The molecule has 0 radical (unpaired) electrons. The molecular formula is C13H17ClN6OS. The number of likely N-dealkylation sites (N-methyl/N-ethyl adjacent to an activating group) is 1. The standard InChI is InChI=1S/C13H17ClN6OS/c1-19(2-5-21)12-10-11(17-13(14)18-12)16-9(8-15-10)20-3-6-22-7-4-20/h8,21H,2-7H2,1H3. The van der Waals surface area contributed by atoms with Gasteiger partial charge in [-0.05, 0) is 11.6 Å². The van der Waals surface area contributed by atoms with Crippen LogP contribution in [0.25, 0.3) is 11.2 Å². The van der Waals surface area contributed by atoms with Gasteiger partial charge >= 0.3 is 0 Å². The Bertz CT molecular complexity index is 666. The molecule has 9 heteroatoms. The zero-order valence-electron chi connectivity index (χ0n) is 12.2. The van der Waals surface area contributed by atoms with Gasteiger partial charge in [0.1, 0.15) is 5.82 Å². The number of halogens is 1. The van der Waals surface area contributed by atoms with Gasteiger partial charge in [-0.2, -0.15) is 21.7 Å². The van der Waals surface area contributed by atoms with E-state index >= 15 is 0 Å². The maximum absolute atomic E-state index is 9.09. The Labute approximate surface area is 137 Å². The Balaban J connectivity index is 2.01. The number of aromatic nitrogens is 4. The molecule has 118 valence electrons. The molecule has 1 fully saturated rings. The van der Waals surface area contributed by atoms with Crippen molar-refractivity contribution in [3.05, 3.63) is 11.5 Å². The highest BCUT2D eigenvalue weighted by Gasteiger charge is 2.17. The first-order chi connectivity index (χ1) is 10.7. The van der Waals surface area contributed by atoms with E-state index in [4.69, 9.17) is 16.7 Å². The van der Waals surface area contributed by atoms with Crippen LogP contribution in [0.4, 0.5) is 11.6 Å². The van der Waals surface area contributed by atoms with Gasteiger partial charge in [-0.1, -0.05) is 0 Å². The van der Waals surface area contributed by atoms with Crippen LogP contribution < -0.4 is 9.80 Å². The smallest absolute Gasteiger partial charge is 0.226 e. The lowest BCUT2D eigenvalue weighted by molar-refractivity contribution is 0.304. The summed E-state index contributed by atoms with van der Waals surface area (Å²) in [7, 11) is 1.83. The molecule has 7 nitrogen and oxygen atoms in total. The fraction of sp³-hybridized carbons (Fsp3) is 0.538. The van der Waals surface area contributed by atoms with Crippen molar-refractivity contribution in [1.82, 2.24) is 19.9 Å². The lowest BCUT2D eigenvalue weighted by Gasteiger charge is -2.27. The number of anilines is 2. The van der Waals surface area contributed by atoms with E-state index in [0.29, 0.717) is 23.5 Å². The topological polar surface area (TPSA) is 78.3 Å². The van der Waals surface area contributed by atoms with Crippen molar-refractivity contribution in [3.63, 3.8) is 0 Å². The van der Waals surface area contributed by atoms with E-state index in [1.165, 1.54) is 0 Å². The minimum Gasteiger partial charge on any atom is -0.395 e.